The minimum absolute atomic E-state index is 0. The molecule has 0 aliphatic carbocycles. The third-order valence-electron chi connectivity index (χ3n) is 5.99. The predicted octanol–water partition coefficient (Wildman–Crippen LogP) is 4.67. The molecule has 12 heteroatoms. The minimum atomic E-state index is -4.90. The Bertz CT molecular complexity index is 1500. The number of alkyl halides is 3. The van der Waals surface area contributed by atoms with Crippen LogP contribution in [-0.4, -0.2) is 52.0 Å². The lowest BCUT2D eigenvalue weighted by molar-refractivity contribution is -0.274. The van der Waals surface area contributed by atoms with Crippen molar-refractivity contribution in [2.24, 2.45) is 0 Å². The van der Waals surface area contributed by atoms with E-state index in [1.165, 1.54) is 19.2 Å². The molecular formula is C28H28F3NO8. The van der Waals surface area contributed by atoms with Gasteiger partial charge >= 0.3 is 12.3 Å². The maximum absolute atomic E-state index is 13.6. The average molecular weight is 564 g/mol. The van der Waals surface area contributed by atoms with Crippen LogP contribution >= 0.6 is 0 Å². The first-order valence-electron chi connectivity index (χ1n) is 11.6. The van der Waals surface area contributed by atoms with Crippen molar-refractivity contribution in [3.05, 3.63) is 83.6 Å². The summed E-state index contributed by atoms with van der Waals surface area (Å²) in [5.41, 5.74) is 1.89. The van der Waals surface area contributed by atoms with Crippen molar-refractivity contribution in [3.63, 3.8) is 0 Å². The van der Waals surface area contributed by atoms with Gasteiger partial charge in [-0.25, -0.2) is 4.79 Å². The molecule has 0 saturated heterocycles. The Kier molecular flexibility index (Phi) is 9.92. The number of methoxy groups -OCH3 is 1. The summed E-state index contributed by atoms with van der Waals surface area (Å²) in [7, 11) is 1.51. The van der Waals surface area contributed by atoms with Gasteiger partial charge in [-0.1, -0.05) is 13.0 Å². The number of carbonyl (C=O) groups excluding carboxylic acids is 1. The Balaban J connectivity index is 0.00000280. The summed E-state index contributed by atoms with van der Waals surface area (Å²) in [6.07, 6.45) is -5.75. The van der Waals surface area contributed by atoms with E-state index in [9.17, 15) is 27.9 Å². The summed E-state index contributed by atoms with van der Waals surface area (Å²) in [6, 6.07) is 16.7. The molecule has 1 aromatic heterocycles. The van der Waals surface area contributed by atoms with E-state index in [1.807, 2.05) is 0 Å². The molecule has 0 amide bonds. The van der Waals surface area contributed by atoms with Gasteiger partial charge in [0, 0.05) is 34.5 Å². The van der Waals surface area contributed by atoms with Gasteiger partial charge in [0.15, 0.2) is 11.9 Å². The van der Waals surface area contributed by atoms with Gasteiger partial charge in [0.25, 0.3) is 0 Å². The zero-order chi connectivity index (χ0) is 27.6. The largest absolute Gasteiger partial charge is 0.573 e. The summed E-state index contributed by atoms with van der Waals surface area (Å²) < 4.78 is 55.4. The predicted molar refractivity (Wildman–Crippen MR) is 141 cm³/mol. The van der Waals surface area contributed by atoms with Crippen LogP contribution in [0.15, 0.2) is 66.7 Å². The Morgan fingerprint density at radius 3 is 2.17 bits per heavy atom. The maximum atomic E-state index is 13.6. The first-order valence-corrected chi connectivity index (χ1v) is 11.6. The lowest BCUT2D eigenvalue weighted by atomic mass is 10.0. The van der Waals surface area contributed by atoms with Gasteiger partial charge in [-0.3, -0.25) is 4.79 Å². The van der Waals surface area contributed by atoms with Gasteiger partial charge in [-0.2, -0.15) is 0 Å². The van der Waals surface area contributed by atoms with Crippen molar-refractivity contribution in [2.75, 3.05) is 7.11 Å². The molecule has 0 radical (unpaired) electrons. The number of aliphatic carboxylic acids is 1. The van der Waals surface area contributed by atoms with E-state index in [0.717, 1.165) is 6.07 Å². The van der Waals surface area contributed by atoms with Crippen LogP contribution in [0.3, 0.4) is 0 Å². The number of carboxylic acids is 1. The second kappa shape index (κ2) is 12.5. The quantitative estimate of drug-likeness (QED) is 0.293. The fourth-order valence-corrected chi connectivity index (χ4v) is 4.27. The number of carboxylic acid groups (broad SMARTS) is 1. The van der Waals surface area contributed by atoms with Crippen LogP contribution in [0.4, 0.5) is 13.2 Å². The number of ether oxygens (including phenoxy) is 3. The molecule has 0 saturated carbocycles. The summed E-state index contributed by atoms with van der Waals surface area (Å²) in [5, 5.41) is 9.77. The number of halogens is 3. The van der Waals surface area contributed by atoms with Gasteiger partial charge in [0.05, 0.1) is 18.2 Å². The number of aromatic nitrogens is 1. The van der Waals surface area contributed by atoms with E-state index in [2.05, 4.69) is 4.74 Å². The van der Waals surface area contributed by atoms with Crippen molar-refractivity contribution in [3.8, 4) is 22.9 Å². The van der Waals surface area contributed by atoms with Crippen LogP contribution in [0.5, 0.6) is 17.2 Å². The van der Waals surface area contributed by atoms with Crippen LogP contribution in [0.2, 0.25) is 0 Å². The second-order valence-corrected chi connectivity index (χ2v) is 8.43. The molecule has 0 bridgehead atoms. The van der Waals surface area contributed by atoms with Crippen molar-refractivity contribution < 1.29 is 53.0 Å². The molecule has 1 unspecified atom stereocenters. The fourth-order valence-electron chi connectivity index (χ4n) is 4.27. The van der Waals surface area contributed by atoms with Gasteiger partial charge in [-0.15, -0.1) is 13.2 Å². The highest BCUT2D eigenvalue weighted by molar-refractivity contribution is 6.18. The number of carbonyl (C=O) groups is 2. The SMILES string of the molecule is CCC(Oc1cccc(-n2c(C)c(C(=O)c3ccc(OC)cc3)c3ccc(OC(F)(F)F)cc32)c1)C(=O)O.O.O. The number of hydrogen-bond donors (Lipinski definition) is 1. The van der Waals surface area contributed by atoms with Crippen molar-refractivity contribution in [1.29, 1.82) is 0 Å². The van der Waals surface area contributed by atoms with Gasteiger partial charge < -0.3 is 34.8 Å². The highest BCUT2D eigenvalue weighted by atomic mass is 19.4. The smallest absolute Gasteiger partial charge is 0.497 e. The maximum Gasteiger partial charge on any atom is 0.573 e. The monoisotopic (exact) mass is 563 g/mol. The van der Waals surface area contributed by atoms with Crippen molar-refractivity contribution >= 4 is 22.7 Å². The molecule has 5 N–H and O–H groups in total. The first-order chi connectivity index (χ1) is 18.0. The first kappa shape index (κ1) is 31.7. The van der Waals surface area contributed by atoms with E-state index in [-0.39, 0.29) is 28.9 Å². The molecule has 214 valence electrons. The molecule has 0 spiro atoms. The van der Waals surface area contributed by atoms with Gasteiger partial charge in [0.1, 0.15) is 17.2 Å². The molecule has 0 fully saturated rings. The Labute approximate surface area is 226 Å². The van der Waals surface area contributed by atoms with Gasteiger partial charge in [-0.05, 0) is 61.9 Å². The molecule has 3 aromatic carbocycles. The van der Waals surface area contributed by atoms with Crippen LogP contribution in [0.1, 0.15) is 35.0 Å². The normalized spacial score (nSPS) is 11.7. The third-order valence-corrected chi connectivity index (χ3v) is 5.99. The number of nitrogens with zero attached hydrogens (tertiary/aromatic N) is 1. The summed E-state index contributed by atoms with van der Waals surface area (Å²) >= 11 is 0. The van der Waals surface area contributed by atoms with Crippen LogP contribution in [-0.2, 0) is 4.79 Å². The average Bonchev–Trinajstić information content (AvgIpc) is 3.16. The van der Waals surface area contributed by atoms with E-state index in [0.29, 0.717) is 39.2 Å². The molecule has 4 rings (SSSR count). The van der Waals surface area contributed by atoms with Crippen molar-refractivity contribution in [2.45, 2.75) is 32.7 Å². The van der Waals surface area contributed by atoms with Crippen LogP contribution in [0, 0.1) is 6.92 Å². The molecular weight excluding hydrogens is 535 g/mol. The molecule has 1 atom stereocenters. The highest BCUT2D eigenvalue weighted by Gasteiger charge is 2.32. The summed E-state index contributed by atoms with van der Waals surface area (Å²) in [4.78, 5) is 25.1. The van der Waals surface area contributed by atoms with Crippen LogP contribution in [0.25, 0.3) is 16.6 Å². The third kappa shape index (κ3) is 6.53. The van der Waals surface area contributed by atoms with E-state index in [1.54, 1.807) is 66.9 Å². The van der Waals surface area contributed by atoms with E-state index >= 15 is 0 Å². The minimum Gasteiger partial charge on any atom is -0.497 e. The Hall–Kier alpha value is -4.55. The zero-order valence-corrected chi connectivity index (χ0v) is 21.7. The van der Waals surface area contributed by atoms with Crippen molar-refractivity contribution in [1.82, 2.24) is 4.57 Å². The molecule has 9 nitrogen and oxygen atoms in total. The number of hydrogen-bond acceptors (Lipinski definition) is 5. The fraction of sp³-hybridized carbons (Fsp3) is 0.214. The van der Waals surface area contributed by atoms with E-state index < -0.39 is 24.2 Å². The Morgan fingerprint density at radius 1 is 0.950 bits per heavy atom. The highest BCUT2D eigenvalue weighted by Crippen LogP contribution is 2.35. The number of ketones is 1. The molecule has 4 aromatic rings. The summed E-state index contributed by atoms with van der Waals surface area (Å²) in [6.45, 7) is 3.35. The zero-order valence-electron chi connectivity index (χ0n) is 21.7. The lowest BCUT2D eigenvalue weighted by Crippen LogP contribution is -2.25. The molecule has 0 aliphatic rings. The molecule has 40 heavy (non-hydrogen) atoms. The molecule has 0 aliphatic heterocycles. The number of fused-ring (bicyclic) bond motifs is 1. The Morgan fingerprint density at radius 2 is 1.60 bits per heavy atom. The number of benzene rings is 3. The van der Waals surface area contributed by atoms with Crippen LogP contribution < -0.4 is 14.2 Å². The number of rotatable bonds is 9. The molecule has 1 heterocycles. The lowest BCUT2D eigenvalue weighted by Gasteiger charge is -2.15. The van der Waals surface area contributed by atoms with Gasteiger partial charge in [0.2, 0.25) is 0 Å². The van der Waals surface area contributed by atoms with E-state index in [4.69, 9.17) is 9.47 Å². The topological polar surface area (TPSA) is 150 Å². The second-order valence-electron chi connectivity index (χ2n) is 8.43. The standard InChI is InChI=1S/C28H24F3NO6.2H2O/c1-4-24(27(34)35)37-20-7-5-6-18(14-20)32-16(2)25(26(33)17-8-10-19(36-3)11-9-17)22-13-12-21(15-23(22)32)38-28(29,30)31;;/h5-15,24H,4H2,1-3H3,(H,34,35);2*1H2. The summed E-state index contributed by atoms with van der Waals surface area (Å²) in [5.74, 6) is -1.08.